The monoisotopic (exact) mass is 539 g/mol. The predicted octanol–water partition coefficient (Wildman–Crippen LogP) is 7.05. The predicted molar refractivity (Wildman–Crippen MR) is 144 cm³/mol. The van der Waals surface area contributed by atoms with Gasteiger partial charge < -0.3 is 14.2 Å². The van der Waals surface area contributed by atoms with Gasteiger partial charge in [-0.15, -0.1) is 0 Å². The number of rotatable bonds is 7. The third-order valence-corrected chi connectivity index (χ3v) is 6.13. The number of aliphatic imine (C=N–C) groups is 1. The molecule has 1 aliphatic heterocycles. The Labute approximate surface area is 217 Å². The average molecular weight is 540 g/mol. The molecule has 178 valence electrons. The van der Waals surface area contributed by atoms with Crippen LogP contribution in [0.1, 0.15) is 16.7 Å². The fourth-order valence-electron chi connectivity index (χ4n) is 3.81. The molecule has 6 heteroatoms. The molecule has 0 fully saturated rings. The van der Waals surface area contributed by atoms with E-state index in [0.29, 0.717) is 18.1 Å². The molecular formula is C30H22BrNO4. The molecule has 1 heterocycles. The smallest absolute Gasteiger partial charge is 0.363 e. The molecule has 5 nitrogen and oxygen atoms in total. The van der Waals surface area contributed by atoms with E-state index in [4.69, 9.17) is 14.2 Å². The molecule has 0 saturated heterocycles. The molecule has 0 atom stereocenters. The van der Waals surface area contributed by atoms with Crippen molar-refractivity contribution in [2.24, 2.45) is 4.99 Å². The zero-order valence-corrected chi connectivity index (χ0v) is 21.1. The van der Waals surface area contributed by atoms with Gasteiger partial charge in [0.25, 0.3) is 0 Å². The van der Waals surface area contributed by atoms with Crippen LogP contribution in [-0.2, 0) is 16.1 Å². The van der Waals surface area contributed by atoms with Gasteiger partial charge in [-0.3, -0.25) is 0 Å². The summed E-state index contributed by atoms with van der Waals surface area (Å²) in [7, 11) is 1.58. The van der Waals surface area contributed by atoms with Gasteiger partial charge in [-0.2, -0.15) is 0 Å². The van der Waals surface area contributed by atoms with Crippen molar-refractivity contribution in [1.82, 2.24) is 0 Å². The summed E-state index contributed by atoms with van der Waals surface area (Å²) in [6, 6.07) is 31.2. The Balaban J connectivity index is 1.33. The molecule has 4 aromatic carbocycles. The van der Waals surface area contributed by atoms with Crippen molar-refractivity contribution in [2.75, 3.05) is 7.11 Å². The highest BCUT2D eigenvalue weighted by atomic mass is 79.9. The van der Waals surface area contributed by atoms with Crippen LogP contribution in [0.3, 0.4) is 0 Å². The van der Waals surface area contributed by atoms with Gasteiger partial charge in [0.05, 0.1) is 7.11 Å². The third-order valence-electron chi connectivity index (χ3n) is 5.63. The molecule has 0 aliphatic carbocycles. The highest BCUT2D eigenvalue weighted by Gasteiger charge is 2.24. The second-order valence-corrected chi connectivity index (χ2v) is 9.02. The molecule has 1 aliphatic rings. The molecule has 0 amide bonds. The number of halogens is 1. The first-order valence-electron chi connectivity index (χ1n) is 11.3. The Morgan fingerprint density at radius 1 is 0.833 bits per heavy atom. The van der Waals surface area contributed by atoms with Crippen molar-refractivity contribution >= 4 is 33.9 Å². The number of methoxy groups -OCH3 is 1. The van der Waals surface area contributed by atoms with Gasteiger partial charge in [0, 0.05) is 10.0 Å². The van der Waals surface area contributed by atoms with E-state index in [2.05, 4.69) is 20.9 Å². The van der Waals surface area contributed by atoms with Crippen LogP contribution in [0.5, 0.6) is 11.5 Å². The number of hydrogen-bond donors (Lipinski definition) is 0. The van der Waals surface area contributed by atoms with Crippen LogP contribution in [0, 0.1) is 0 Å². The minimum Gasteiger partial charge on any atom is -0.493 e. The second-order valence-electron chi connectivity index (χ2n) is 8.11. The molecule has 0 bridgehead atoms. The number of nitrogens with zero attached hydrogens (tertiary/aromatic N) is 1. The van der Waals surface area contributed by atoms with Gasteiger partial charge in [-0.1, -0.05) is 76.6 Å². The van der Waals surface area contributed by atoms with E-state index in [-0.39, 0.29) is 11.6 Å². The maximum Gasteiger partial charge on any atom is 0.363 e. The van der Waals surface area contributed by atoms with E-state index in [1.807, 2.05) is 91.0 Å². The van der Waals surface area contributed by atoms with E-state index >= 15 is 0 Å². The molecule has 0 radical (unpaired) electrons. The summed E-state index contributed by atoms with van der Waals surface area (Å²) in [5.41, 5.74) is 4.94. The minimum atomic E-state index is -0.494. The van der Waals surface area contributed by atoms with E-state index < -0.39 is 5.97 Å². The zero-order valence-electron chi connectivity index (χ0n) is 19.5. The number of hydrogen-bond acceptors (Lipinski definition) is 5. The highest BCUT2D eigenvalue weighted by Crippen LogP contribution is 2.31. The summed E-state index contributed by atoms with van der Waals surface area (Å²) in [4.78, 5) is 16.9. The molecule has 4 aromatic rings. The van der Waals surface area contributed by atoms with E-state index in [1.54, 1.807) is 19.3 Å². The van der Waals surface area contributed by atoms with Gasteiger partial charge in [-0.25, -0.2) is 9.79 Å². The average Bonchev–Trinajstić information content (AvgIpc) is 3.28. The summed E-state index contributed by atoms with van der Waals surface area (Å²) in [5.74, 6) is 0.959. The second kappa shape index (κ2) is 10.6. The highest BCUT2D eigenvalue weighted by molar-refractivity contribution is 9.10. The SMILES string of the molecule is COc1cc(/C=C2\N=C(c3ccc(-c4ccccc4)cc3)OC2=O)ccc1OCc1cccc(Br)c1. The van der Waals surface area contributed by atoms with Gasteiger partial charge in [0.1, 0.15) is 6.61 Å². The van der Waals surface area contributed by atoms with Crippen LogP contribution in [0.25, 0.3) is 17.2 Å². The van der Waals surface area contributed by atoms with Crippen LogP contribution in [0.4, 0.5) is 0 Å². The van der Waals surface area contributed by atoms with Crippen molar-refractivity contribution in [3.63, 3.8) is 0 Å². The fourth-order valence-corrected chi connectivity index (χ4v) is 4.25. The summed E-state index contributed by atoms with van der Waals surface area (Å²) < 4.78 is 17.9. The Hall–Kier alpha value is -4.16. The lowest BCUT2D eigenvalue weighted by Gasteiger charge is -2.11. The summed E-state index contributed by atoms with van der Waals surface area (Å²) in [5, 5.41) is 0. The maximum absolute atomic E-state index is 12.5. The number of carbonyl (C=O) groups excluding carboxylic acids is 1. The summed E-state index contributed by atoms with van der Waals surface area (Å²) >= 11 is 3.47. The molecular weight excluding hydrogens is 518 g/mol. The van der Waals surface area contributed by atoms with Gasteiger partial charge in [0.15, 0.2) is 17.2 Å². The van der Waals surface area contributed by atoms with Gasteiger partial charge in [-0.05, 0) is 64.7 Å². The molecule has 5 rings (SSSR count). The van der Waals surface area contributed by atoms with Crippen molar-refractivity contribution in [2.45, 2.75) is 6.61 Å². The van der Waals surface area contributed by atoms with Crippen molar-refractivity contribution in [3.05, 3.63) is 124 Å². The van der Waals surface area contributed by atoms with Crippen LogP contribution < -0.4 is 9.47 Å². The lowest BCUT2D eigenvalue weighted by molar-refractivity contribution is -0.129. The van der Waals surface area contributed by atoms with Gasteiger partial charge >= 0.3 is 5.97 Å². The minimum absolute atomic E-state index is 0.224. The zero-order chi connectivity index (χ0) is 24.9. The van der Waals surface area contributed by atoms with Crippen molar-refractivity contribution < 1.29 is 19.0 Å². The maximum atomic E-state index is 12.5. The van der Waals surface area contributed by atoms with Crippen molar-refractivity contribution in [3.8, 4) is 22.6 Å². The molecule has 0 spiro atoms. The number of esters is 1. The van der Waals surface area contributed by atoms with E-state index in [9.17, 15) is 4.79 Å². The topological polar surface area (TPSA) is 57.1 Å². The largest absolute Gasteiger partial charge is 0.493 e. The first kappa shape index (κ1) is 23.6. The quantitative estimate of drug-likeness (QED) is 0.186. The Morgan fingerprint density at radius 2 is 1.58 bits per heavy atom. The Bertz CT molecular complexity index is 1460. The van der Waals surface area contributed by atoms with E-state index in [1.165, 1.54) is 0 Å². The third kappa shape index (κ3) is 5.39. The fraction of sp³-hybridized carbons (Fsp3) is 0.0667. The van der Waals surface area contributed by atoms with Crippen LogP contribution in [0.15, 0.2) is 112 Å². The standard InChI is InChI=1S/C30H22BrNO4/c1-34-28-18-20(10-15-27(28)35-19-21-6-5-9-25(31)16-21)17-26-30(33)36-29(32-26)24-13-11-23(12-14-24)22-7-3-2-4-8-22/h2-18H,19H2,1H3/b26-17-. The Kier molecular flexibility index (Phi) is 6.96. The molecule has 0 aromatic heterocycles. The normalized spacial score (nSPS) is 13.9. The first-order valence-corrected chi connectivity index (χ1v) is 12.1. The Morgan fingerprint density at radius 3 is 2.33 bits per heavy atom. The van der Waals surface area contributed by atoms with Crippen LogP contribution in [-0.4, -0.2) is 19.0 Å². The summed E-state index contributed by atoms with van der Waals surface area (Å²) in [6.07, 6.45) is 1.67. The van der Waals surface area contributed by atoms with Crippen LogP contribution >= 0.6 is 15.9 Å². The lowest BCUT2D eigenvalue weighted by atomic mass is 10.0. The molecule has 36 heavy (non-hydrogen) atoms. The molecule has 0 N–H and O–H groups in total. The number of benzene rings is 4. The van der Waals surface area contributed by atoms with E-state index in [0.717, 1.165) is 32.3 Å². The molecule has 0 unspecified atom stereocenters. The number of cyclic esters (lactones) is 1. The lowest BCUT2D eigenvalue weighted by Crippen LogP contribution is -2.05. The first-order chi connectivity index (χ1) is 17.6. The van der Waals surface area contributed by atoms with Crippen molar-refractivity contribution in [1.29, 1.82) is 0 Å². The van der Waals surface area contributed by atoms with Crippen LogP contribution in [0.2, 0.25) is 0 Å². The number of carbonyl (C=O) groups is 1. The molecule has 0 saturated carbocycles. The summed E-state index contributed by atoms with van der Waals surface area (Å²) in [6.45, 7) is 0.402. The number of ether oxygens (including phenoxy) is 3. The van der Waals surface area contributed by atoms with Gasteiger partial charge in [0.2, 0.25) is 5.90 Å².